The summed E-state index contributed by atoms with van der Waals surface area (Å²) in [5.41, 5.74) is 14.0. The molecule has 6 aromatic rings. The largest absolute Gasteiger partial charge is 0.483 e. The van der Waals surface area contributed by atoms with Crippen molar-refractivity contribution in [3.05, 3.63) is 200 Å². The normalized spacial score (nSPS) is 12.3. The third-order valence-corrected chi connectivity index (χ3v) is 13.8. The van der Waals surface area contributed by atoms with E-state index in [9.17, 15) is 9.59 Å². The van der Waals surface area contributed by atoms with E-state index in [1.165, 1.54) is 11.1 Å². The van der Waals surface area contributed by atoms with E-state index in [-0.39, 0.29) is 5.41 Å². The van der Waals surface area contributed by atoms with Gasteiger partial charge in [-0.3, -0.25) is 0 Å². The molecule has 6 heteroatoms. The molecule has 0 unspecified atom stereocenters. The van der Waals surface area contributed by atoms with Crippen molar-refractivity contribution in [2.45, 2.75) is 152 Å². The van der Waals surface area contributed by atoms with Crippen LogP contribution in [0.5, 0.6) is 11.5 Å². The molecule has 0 radical (unpaired) electrons. The zero-order valence-electron chi connectivity index (χ0n) is 45.8. The summed E-state index contributed by atoms with van der Waals surface area (Å²) < 4.78 is 26.1. The molecule has 0 aliphatic heterocycles. The lowest BCUT2D eigenvalue weighted by molar-refractivity contribution is -0.153. The molecule has 71 heavy (non-hydrogen) atoms. The highest BCUT2D eigenvalue weighted by Crippen LogP contribution is 2.45. The SMILES string of the molecule is C=C(C)C(=O)OC(C)(C)c1c(C)cc(OC(C)(C)c2c(C)cc(C(C)(C)c3cc(C)c(C(C)(C)Oc4cc(C)c(C(C)(C)OC(=O)C(=C)C)c(-c5ccccc5)c4)c(C)c3)cc2C)cc1-c1ccccc1. The molecule has 0 atom stereocenters. The highest BCUT2D eigenvalue weighted by atomic mass is 16.6. The van der Waals surface area contributed by atoms with Crippen LogP contribution in [0.1, 0.15) is 150 Å². The standard InChI is InChI=1S/C65H76O6/c1-39(2)59(66)70-64(17,18)57-45(9)35-51(37-53(57)47-27-23-21-24-28-47)68-62(13,14)55-41(5)31-49(32-42(55)6)61(11,12)50-33-43(7)56(44(8)34-50)63(15,16)69-52-36-46(10)58(65(19,20)71-60(67)40(3)4)54(38-52)48-29-25-22-26-30-48/h21-38H,1,3H2,2,4-20H3. The molecule has 0 N–H and O–H groups in total. The van der Waals surface area contributed by atoms with Gasteiger partial charge in [0.05, 0.1) is 0 Å². The molecule has 0 fully saturated rings. The van der Waals surface area contributed by atoms with Crippen molar-refractivity contribution in [2.75, 3.05) is 0 Å². The quantitative estimate of drug-likeness (QED) is 0.0711. The van der Waals surface area contributed by atoms with E-state index < -0.39 is 34.3 Å². The number of benzene rings is 6. The second kappa shape index (κ2) is 19.9. The lowest BCUT2D eigenvalue weighted by Crippen LogP contribution is -2.30. The Morgan fingerprint density at radius 2 is 0.676 bits per heavy atom. The highest BCUT2D eigenvalue weighted by molar-refractivity contribution is 5.88. The molecule has 6 nitrogen and oxygen atoms in total. The molecule has 0 saturated carbocycles. The Labute approximate surface area is 425 Å². The third kappa shape index (κ3) is 11.3. The molecule has 0 spiro atoms. The van der Waals surface area contributed by atoms with Gasteiger partial charge < -0.3 is 18.9 Å². The zero-order chi connectivity index (χ0) is 52.8. The van der Waals surface area contributed by atoms with E-state index in [0.29, 0.717) is 11.1 Å². The molecule has 0 aromatic heterocycles. The van der Waals surface area contributed by atoms with E-state index in [1.54, 1.807) is 13.8 Å². The average molecular weight is 953 g/mol. The van der Waals surface area contributed by atoms with Crippen LogP contribution in [0.4, 0.5) is 0 Å². The maximum Gasteiger partial charge on any atom is 0.333 e. The van der Waals surface area contributed by atoms with Crippen molar-refractivity contribution >= 4 is 11.9 Å². The Morgan fingerprint density at radius 3 is 0.958 bits per heavy atom. The summed E-state index contributed by atoms with van der Waals surface area (Å²) in [6.07, 6.45) is 0. The summed E-state index contributed by atoms with van der Waals surface area (Å²) in [5.74, 6) is 0.603. The first kappa shape index (κ1) is 53.7. The maximum absolute atomic E-state index is 12.8. The van der Waals surface area contributed by atoms with Crippen LogP contribution in [0.25, 0.3) is 22.3 Å². The lowest BCUT2D eigenvalue weighted by atomic mass is 9.73. The lowest BCUT2D eigenvalue weighted by Gasteiger charge is -2.35. The number of rotatable bonds is 16. The number of hydrogen-bond donors (Lipinski definition) is 0. The van der Waals surface area contributed by atoms with Crippen molar-refractivity contribution in [3.63, 3.8) is 0 Å². The highest BCUT2D eigenvalue weighted by Gasteiger charge is 2.36. The first-order valence-corrected chi connectivity index (χ1v) is 24.7. The molecule has 0 amide bonds. The molecule has 6 aromatic carbocycles. The predicted molar refractivity (Wildman–Crippen MR) is 292 cm³/mol. The van der Waals surface area contributed by atoms with Gasteiger partial charge in [-0.2, -0.15) is 0 Å². The number of carbonyl (C=O) groups is 2. The Bertz CT molecular complexity index is 2780. The smallest absolute Gasteiger partial charge is 0.333 e. The molecule has 0 heterocycles. The summed E-state index contributed by atoms with van der Waals surface area (Å²) >= 11 is 0. The van der Waals surface area contributed by atoms with Crippen molar-refractivity contribution in [1.82, 2.24) is 0 Å². The van der Waals surface area contributed by atoms with Crippen LogP contribution < -0.4 is 9.47 Å². The summed E-state index contributed by atoms with van der Waals surface area (Å²) in [6, 6.07) is 37.9. The van der Waals surface area contributed by atoms with E-state index in [0.717, 1.165) is 89.4 Å². The van der Waals surface area contributed by atoms with Gasteiger partial charge in [-0.25, -0.2) is 9.59 Å². The summed E-state index contributed by atoms with van der Waals surface area (Å²) in [4.78, 5) is 25.6. The van der Waals surface area contributed by atoms with Gasteiger partial charge in [0, 0.05) is 38.8 Å². The van der Waals surface area contributed by atoms with E-state index in [4.69, 9.17) is 18.9 Å². The summed E-state index contributed by atoms with van der Waals surface area (Å²) in [6.45, 7) is 44.6. The fourth-order valence-electron chi connectivity index (χ4n) is 11.1. The second-order valence-electron chi connectivity index (χ2n) is 22.2. The molecule has 0 bridgehead atoms. The second-order valence-corrected chi connectivity index (χ2v) is 22.2. The molecule has 0 aliphatic carbocycles. The summed E-state index contributed by atoms with van der Waals surface area (Å²) in [5, 5.41) is 0. The first-order chi connectivity index (χ1) is 32.9. The first-order valence-electron chi connectivity index (χ1n) is 24.7. The Morgan fingerprint density at radius 1 is 0.394 bits per heavy atom. The molecule has 372 valence electrons. The zero-order valence-corrected chi connectivity index (χ0v) is 45.8. The van der Waals surface area contributed by atoms with Gasteiger partial charge in [-0.05, 0) is 202 Å². The minimum Gasteiger partial charge on any atom is -0.483 e. The van der Waals surface area contributed by atoms with Crippen LogP contribution in [0.3, 0.4) is 0 Å². The van der Waals surface area contributed by atoms with Gasteiger partial charge in [0.15, 0.2) is 0 Å². The third-order valence-electron chi connectivity index (χ3n) is 13.8. The molecular formula is C65H76O6. The van der Waals surface area contributed by atoms with Gasteiger partial charge in [0.25, 0.3) is 0 Å². The van der Waals surface area contributed by atoms with Crippen molar-refractivity contribution in [1.29, 1.82) is 0 Å². The molecule has 0 aliphatic rings. The van der Waals surface area contributed by atoms with Crippen LogP contribution in [-0.2, 0) is 46.9 Å². The topological polar surface area (TPSA) is 71.1 Å². The van der Waals surface area contributed by atoms with Crippen LogP contribution in [0.15, 0.2) is 133 Å². The van der Waals surface area contributed by atoms with Gasteiger partial charge in [-0.1, -0.05) is 112 Å². The monoisotopic (exact) mass is 953 g/mol. The Hall–Kier alpha value is -6.66. The Kier molecular flexibility index (Phi) is 15.0. The number of ether oxygens (including phenoxy) is 4. The van der Waals surface area contributed by atoms with E-state index in [1.807, 2.05) is 77.9 Å². The predicted octanol–water partition coefficient (Wildman–Crippen LogP) is 16.5. The van der Waals surface area contributed by atoms with Crippen LogP contribution in [-0.4, -0.2) is 11.9 Å². The van der Waals surface area contributed by atoms with Gasteiger partial charge in [0.2, 0.25) is 0 Å². The minimum absolute atomic E-state index is 0.339. The van der Waals surface area contributed by atoms with Gasteiger partial charge in [0.1, 0.15) is 33.9 Å². The van der Waals surface area contributed by atoms with Crippen molar-refractivity contribution in [3.8, 4) is 33.8 Å². The Balaban J connectivity index is 1.32. The molecular weight excluding hydrogens is 877 g/mol. The number of aryl methyl sites for hydroxylation is 6. The van der Waals surface area contributed by atoms with Gasteiger partial charge in [-0.15, -0.1) is 0 Å². The van der Waals surface area contributed by atoms with Crippen LogP contribution >= 0.6 is 0 Å². The van der Waals surface area contributed by atoms with Crippen LogP contribution in [0.2, 0.25) is 0 Å². The van der Waals surface area contributed by atoms with E-state index >= 15 is 0 Å². The van der Waals surface area contributed by atoms with E-state index in [2.05, 4.69) is 155 Å². The number of carbonyl (C=O) groups excluding carboxylic acids is 2. The van der Waals surface area contributed by atoms with Gasteiger partial charge >= 0.3 is 11.9 Å². The van der Waals surface area contributed by atoms with Crippen molar-refractivity contribution < 1.29 is 28.5 Å². The van der Waals surface area contributed by atoms with Crippen molar-refractivity contribution in [2.24, 2.45) is 0 Å². The fraction of sp³-hybridized carbons (Fsp3) is 0.354. The summed E-state index contributed by atoms with van der Waals surface area (Å²) in [7, 11) is 0. The molecule has 6 rings (SSSR count). The number of hydrogen-bond acceptors (Lipinski definition) is 6. The fourth-order valence-corrected chi connectivity index (χ4v) is 11.1. The minimum atomic E-state index is -0.931. The van der Waals surface area contributed by atoms with Crippen LogP contribution in [0, 0.1) is 41.5 Å². The maximum atomic E-state index is 12.8. The number of esters is 2. The molecule has 0 saturated heterocycles. The average Bonchev–Trinajstić information content (AvgIpc) is 3.24.